The molecule has 0 bridgehead atoms. The second kappa shape index (κ2) is 8.02. The van der Waals surface area contributed by atoms with E-state index in [0.29, 0.717) is 6.04 Å². The Balaban J connectivity index is 3.25. The van der Waals surface area contributed by atoms with E-state index < -0.39 is 0 Å². The molecule has 0 aromatic carbocycles. The third-order valence-corrected chi connectivity index (χ3v) is 1.84. The van der Waals surface area contributed by atoms with Gasteiger partial charge in [0.1, 0.15) is 0 Å². The summed E-state index contributed by atoms with van der Waals surface area (Å²) in [5, 5.41) is 3.25. The van der Waals surface area contributed by atoms with Gasteiger partial charge < -0.3 is 10.1 Å². The van der Waals surface area contributed by atoms with Gasteiger partial charge in [0.2, 0.25) is 0 Å². The quantitative estimate of drug-likeness (QED) is 0.611. The van der Waals surface area contributed by atoms with E-state index in [0.717, 1.165) is 13.2 Å². The van der Waals surface area contributed by atoms with Crippen molar-refractivity contribution in [2.75, 3.05) is 20.3 Å². The zero-order valence-corrected chi connectivity index (χ0v) is 8.02. The Hall–Kier alpha value is -0.0800. The lowest BCUT2D eigenvalue weighted by atomic mass is 10.1. The van der Waals surface area contributed by atoms with Crippen molar-refractivity contribution in [2.45, 2.75) is 39.2 Å². The SMILES string of the molecule is CCCCC(COCC)NC. The molecule has 1 N–H and O–H groups in total. The number of hydrogen-bond acceptors (Lipinski definition) is 2. The summed E-state index contributed by atoms with van der Waals surface area (Å²) in [6, 6.07) is 0.551. The summed E-state index contributed by atoms with van der Waals surface area (Å²) in [7, 11) is 2.00. The van der Waals surface area contributed by atoms with E-state index in [2.05, 4.69) is 12.2 Å². The molecule has 2 heteroatoms. The predicted molar refractivity (Wildman–Crippen MR) is 48.9 cm³/mol. The normalized spacial score (nSPS) is 13.4. The molecule has 1 unspecified atom stereocenters. The number of rotatable bonds is 7. The molecule has 0 saturated carbocycles. The van der Waals surface area contributed by atoms with Crippen LogP contribution in [0.1, 0.15) is 33.1 Å². The van der Waals surface area contributed by atoms with Crippen molar-refractivity contribution in [2.24, 2.45) is 0 Å². The van der Waals surface area contributed by atoms with Gasteiger partial charge in [-0.05, 0) is 20.4 Å². The van der Waals surface area contributed by atoms with Crippen LogP contribution >= 0.6 is 0 Å². The zero-order valence-electron chi connectivity index (χ0n) is 8.02. The minimum Gasteiger partial charge on any atom is -0.380 e. The van der Waals surface area contributed by atoms with E-state index in [1.165, 1.54) is 19.3 Å². The van der Waals surface area contributed by atoms with Crippen LogP contribution < -0.4 is 5.32 Å². The van der Waals surface area contributed by atoms with Crippen LogP contribution in [0.4, 0.5) is 0 Å². The summed E-state index contributed by atoms with van der Waals surface area (Å²) in [6.07, 6.45) is 3.79. The summed E-state index contributed by atoms with van der Waals surface area (Å²) < 4.78 is 5.32. The first kappa shape index (κ1) is 10.9. The van der Waals surface area contributed by atoms with E-state index in [9.17, 15) is 0 Å². The second-order valence-corrected chi connectivity index (χ2v) is 2.79. The summed E-state index contributed by atoms with van der Waals surface area (Å²) in [5.41, 5.74) is 0. The molecule has 11 heavy (non-hydrogen) atoms. The number of likely N-dealkylation sites (N-methyl/N-ethyl adjacent to an activating group) is 1. The van der Waals surface area contributed by atoms with Gasteiger partial charge in [0.05, 0.1) is 6.61 Å². The molecule has 0 fully saturated rings. The van der Waals surface area contributed by atoms with Crippen LogP contribution in [-0.2, 0) is 4.74 Å². The Morgan fingerprint density at radius 2 is 2.09 bits per heavy atom. The van der Waals surface area contributed by atoms with Crippen molar-refractivity contribution in [3.63, 3.8) is 0 Å². The summed E-state index contributed by atoms with van der Waals surface area (Å²) >= 11 is 0. The minimum atomic E-state index is 0.551. The molecule has 0 heterocycles. The molecule has 1 atom stereocenters. The van der Waals surface area contributed by atoms with Crippen molar-refractivity contribution in [3.05, 3.63) is 0 Å². The maximum atomic E-state index is 5.32. The molecule has 0 saturated heterocycles. The first-order valence-electron chi connectivity index (χ1n) is 4.60. The van der Waals surface area contributed by atoms with E-state index >= 15 is 0 Å². The lowest BCUT2D eigenvalue weighted by Gasteiger charge is -2.14. The zero-order chi connectivity index (χ0) is 8.53. The fourth-order valence-electron chi connectivity index (χ4n) is 1.02. The van der Waals surface area contributed by atoms with Crippen LogP contribution in [0.5, 0.6) is 0 Å². The second-order valence-electron chi connectivity index (χ2n) is 2.79. The topological polar surface area (TPSA) is 21.3 Å². The van der Waals surface area contributed by atoms with Gasteiger partial charge in [0.15, 0.2) is 0 Å². The maximum absolute atomic E-state index is 5.32. The van der Waals surface area contributed by atoms with Gasteiger partial charge in [-0.15, -0.1) is 0 Å². The molecule has 0 aromatic rings. The molecule has 0 aromatic heterocycles. The molecule has 0 radical (unpaired) electrons. The highest BCUT2D eigenvalue weighted by atomic mass is 16.5. The van der Waals surface area contributed by atoms with Crippen LogP contribution in [0.15, 0.2) is 0 Å². The number of hydrogen-bond donors (Lipinski definition) is 1. The fraction of sp³-hybridized carbons (Fsp3) is 1.00. The summed E-state index contributed by atoms with van der Waals surface area (Å²) in [6.45, 7) is 5.93. The largest absolute Gasteiger partial charge is 0.380 e. The van der Waals surface area contributed by atoms with Gasteiger partial charge in [0, 0.05) is 12.6 Å². The Morgan fingerprint density at radius 1 is 1.36 bits per heavy atom. The molecule has 0 aliphatic carbocycles. The third kappa shape index (κ3) is 6.32. The Labute approximate surface area is 70.3 Å². The van der Waals surface area contributed by atoms with Crippen LogP contribution in [0, 0.1) is 0 Å². The van der Waals surface area contributed by atoms with Gasteiger partial charge >= 0.3 is 0 Å². The van der Waals surface area contributed by atoms with Crippen LogP contribution in [0.3, 0.4) is 0 Å². The summed E-state index contributed by atoms with van der Waals surface area (Å²) in [4.78, 5) is 0. The lowest BCUT2D eigenvalue weighted by molar-refractivity contribution is 0.122. The van der Waals surface area contributed by atoms with Crippen molar-refractivity contribution in [1.82, 2.24) is 5.32 Å². The molecule has 0 spiro atoms. The number of ether oxygens (including phenoxy) is 1. The van der Waals surface area contributed by atoms with Crippen molar-refractivity contribution < 1.29 is 4.74 Å². The van der Waals surface area contributed by atoms with Crippen LogP contribution in [-0.4, -0.2) is 26.3 Å². The van der Waals surface area contributed by atoms with Gasteiger partial charge in [-0.3, -0.25) is 0 Å². The molecule has 68 valence electrons. The molecule has 0 amide bonds. The van der Waals surface area contributed by atoms with E-state index in [1.54, 1.807) is 0 Å². The van der Waals surface area contributed by atoms with Gasteiger partial charge in [-0.2, -0.15) is 0 Å². The Kier molecular flexibility index (Phi) is 7.96. The average Bonchev–Trinajstić information content (AvgIpc) is 2.05. The molecular formula is C9H21NO. The monoisotopic (exact) mass is 159 g/mol. The standard InChI is InChI=1S/C9H21NO/c1-4-6-7-9(10-3)8-11-5-2/h9-10H,4-8H2,1-3H3. The van der Waals surface area contributed by atoms with Crippen molar-refractivity contribution in [3.8, 4) is 0 Å². The Morgan fingerprint density at radius 3 is 2.55 bits per heavy atom. The summed E-state index contributed by atoms with van der Waals surface area (Å²) in [5.74, 6) is 0. The molecule has 0 aliphatic rings. The fourth-order valence-corrected chi connectivity index (χ4v) is 1.02. The highest BCUT2D eigenvalue weighted by Crippen LogP contribution is 2.00. The molecular weight excluding hydrogens is 138 g/mol. The maximum Gasteiger partial charge on any atom is 0.0619 e. The first-order valence-corrected chi connectivity index (χ1v) is 4.60. The molecule has 0 aliphatic heterocycles. The average molecular weight is 159 g/mol. The van der Waals surface area contributed by atoms with E-state index in [4.69, 9.17) is 4.74 Å². The van der Waals surface area contributed by atoms with Gasteiger partial charge in [-0.1, -0.05) is 19.8 Å². The van der Waals surface area contributed by atoms with Crippen LogP contribution in [0.2, 0.25) is 0 Å². The highest BCUT2D eigenvalue weighted by molar-refractivity contribution is 4.62. The van der Waals surface area contributed by atoms with Crippen molar-refractivity contribution >= 4 is 0 Å². The molecule has 0 rings (SSSR count). The smallest absolute Gasteiger partial charge is 0.0619 e. The number of nitrogens with one attached hydrogen (secondary N) is 1. The van der Waals surface area contributed by atoms with Gasteiger partial charge in [-0.25, -0.2) is 0 Å². The van der Waals surface area contributed by atoms with E-state index in [-0.39, 0.29) is 0 Å². The first-order chi connectivity index (χ1) is 5.35. The predicted octanol–water partition coefficient (Wildman–Crippen LogP) is 1.80. The highest BCUT2D eigenvalue weighted by Gasteiger charge is 2.03. The third-order valence-electron chi connectivity index (χ3n) is 1.84. The van der Waals surface area contributed by atoms with Crippen molar-refractivity contribution in [1.29, 1.82) is 0 Å². The Bertz CT molecular complexity index is 68.0. The van der Waals surface area contributed by atoms with Gasteiger partial charge in [0.25, 0.3) is 0 Å². The number of unbranched alkanes of at least 4 members (excludes halogenated alkanes) is 1. The van der Waals surface area contributed by atoms with E-state index in [1.807, 2.05) is 14.0 Å². The van der Waals surface area contributed by atoms with Crippen LogP contribution in [0.25, 0.3) is 0 Å². The minimum absolute atomic E-state index is 0.551. The lowest BCUT2D eigenvalue weighted by Crippen LogP contribution is -2.30. The molecule has 2 nitrogen and oxygen atoms in total.